The van der Waals surface area contributed by atoms with Crippen LogP contribution < -0.4 is 0 Å². The second-order valence-electron chi connectivity index (χ2n) is 3.65. The van der Waals surface area contributed by atoms with Gasteiger partial charge < -0.3 is 0 Å². The molecule has 0 atom stereocenters. The van der Waals surface area contributed by atoms with Crippen molar-refractivity contribution in [3.05, 3.63) is 64.1 Å². The van der Waals surface area contributed by atoms with Crippen LogP contribution in [0.4, 0.5) is 0 Å². The molecule has 2 heterocycles. The van der Waals surface area contributed by atoms with Crippen molar-refractivity contribution in [2.45, 2.75) is 4.90 Å². The first-order valence-corrected chi connectivity index (χ1v) is 7.62. The summed E-state index contributed by atoms with van der Waals surface area (Å²) in [6, 6.07) is 11.1. The number of allylic oxidation sites excluding steroid dienone is 2. The molecule has 0 radical (unpaired) electrons. The summed E-state index contributed by atoms with van der Waals surface area (Å²) < 4.78 is 0. The predicted molar refractivity (Wildman–Crippen MR) is 75.3 cm³/mol. The third-order valence-electron chi connectivity index (χ3n) is 2.62. The number of rotatable bonds is 2. The number of benzene rings is 1. The molecule has 0 N–H and O–H groups in total. The fourth-order valence-corrected chi connectivity index (χ4v) is 3.93. The van der Waals surface area contributed by atoms with Crippen molar-refractivity contribution in [3.63, 3.8) is 0 Å². The standard InChI is InChI=1S/C14H12S2/c1-2-10-16(9-1)14-5-3-12(4-6-14)13-7-8-15-11-13/h1-11,16H. The zero-order valence-electron chi connectivity index (χ0n) is 8.71. The Labute approximate surface area is 102 Å². The van der Waals surface area contributed by atoms with Crippen LogP contribution in [0.15, 0.2) is 69.0 Å². The maximum absolute atomic E-state index is 2.29. The fraction of sp³-hybridized carbons (Fsp3) is 0. The van der Waals surface area contributed by atoms with Crippen LogP contribution in [0.1, 0.15) is 0 Å². The van der Waals surface area contributed by atoms with E-state index in [0.29, 0.717) is 0 Å². The van der Waals surface area contributed by atoms with E-state index in [4.69, 9.17) is 0 Å². The fourth-order valence-electron chi connectivity index (χ4n) is 1.76. The molecule has 1 aliphatic rings. The van der Waals surface area contributed by atoms with Crippen molar-refractivity contribution >= 4 is 22.2 Å². The molecule has 16 heavy (non-hydrogen) atoms. The van der Waals surface area contributed by atoms with Crippen LogP contribution in [-0.2, 0) is 0 Å². The van der Waals surface area contributed by atoms with Gasteiger partial charge in [0.05, 0.1) is 0 Å². The Balaban J connectivity index is 1.90. The van der Waals surface area contributed by atoms with Crippen molar-refractivity contribution in [2.75, 3.05) is 0 Å². The lowest BCUT2D eigenvalue weighted by molar-refractivity contribution is 1.46. The molecule has 0 fully saturated rings. The van der Waals surface area contributed by atoms with E-state index in [-0.39, 0.29) is 10.9 Å². The Kier molecular flexibility index (Phi) is 2.68. The van der Waals surface area contributed by atoms with E-state index < -0.39 is 0 Å². The third kappa shape index (κ3) is 1.86. The summed E-state index contributed by atoms with van der Waals surface area (Å²) in [5.41, 5.74) is 2.63. The molecule has 1 aliphatic heterocycles. The second-order valence-corrected chi connectivity index (χ2v) is 6.36. The third-order valence-corrected chi connectivity index (χ3v) is 5.19. The van der Waals surface area contributed by atoms with Gasteiger partial charge in [0.1, 0.15) is 0 Å². The van der Waals surface area contributed by atoms with E-state index in [1.807, 2.05) is 0 Å². The smallest absolute Gasteiger partial charge is 0.00147 e. The average Bonchev–Trinajstić information content (AvgIpc) is 3.03. The van der Waals surface area contributed by atoms with Crippen molar-refractivity contribution in [3.8, 4) is 11.1 Å². The monoisotopic (exact) mass is 244 g/mol. The second kappa shape index (κ2) is 4.32. The van der Waals surface area contributed by atoms with E-state index in [1.165, 1.54) is 16.0 Å². The van der Waals surface area contributed by atoms with Crippen molar-refractivity contribution < 1.29 is 0 Å². The summed E-state index contributed by atoms with van der Waals surface area (Å²) in [7, 11) is -0.169. The molecule has 0 bridgehead atoms. The summed E-state index contributed by atoms with van der Waals surface area (Å²) in [6.07, 6.45) is 4.27. The van der Waals surface area contributed by atoms with E-state index in [9.17, 15) is 0 Å². The van der Waals surface area contributed by atoms with E-state index in [0.717, 1.165) is 0 Å². The minimum Gasteiger partial charge on any atom is -0.186 e. The Morgan fingerprint density at radius 3 is 2.19 bits per heavy atom. The molecule has 3 rings (SSSR count). The summed E-state index contributed by atoms with van der Waals surface area (Å²) >= 11 is 1.75. The number of thiophene rings is 1. The van der Waals surface area contributed by atoms with Gasteiger partial charge in [-0.25, -0.2) is 0 Å². The SMILES string of the molecule is C1=C[SH](c2ccc(-c3ccsc3)cc2)C=C1. The van der Waals surface area contributed by atoms with E-state index in [2.05, 4.69) is 64.1 Å². The molecule has 2 aromatic rings. The predicted octanol–water partition coefficient (Wildman–Crippen LogP) is 4.82. The summed E-state index contributed by atoms with van der Waals surface area (Å²) in [6.45, 7) is 0. The van der Waals surface area contributed by atoms with Crippen LogP contribution in [-0.4, -0.2) is 0 Å². The Hall–Kier alpha value is -1.25. The zero-order valence-corrected chi connectivity index (χ0v) is 10.4. The molecular weight excluding hydrogens is 232 g/mol. The molecule has 2 heteroatoms. The molecule has 80 valence electrons. The van der Waals surface area contributed by atoms with Crippen molar-refractivity contribution in [2.24, 2.45) is 0 Å². The Morgan fingerprint density at radius 1 is 0.812 bits per heavy atom. The first-order valence-electron chi connectivity index (χ1n) is 5.19. The van der Waals surface area contributed by atoms with Gasteiger partial charge >= 0.3 is 0 Å². The van der Waals surface area contributed by atoms with Gasteiger partial charge in [-0.15, -0.1) is 0 Å². The summed E-state index contributed by atoms with van der Waals surface area (Å²) in [4.78, 5) is 1.43. The lowest BCUT2D eigenvalue weighted by atomic mass is 10.1. The maximum atomic E-state index is 2.29. The minimum atomic E-state index is -0.169. The van der Waals surface area contributed by atoms with Crippen LogP contribution in [0.2, 0.25) is 0 Å². The van der Waals surface area contributed by atoms with Gasteiger partial charge in [-0.1, -0.05) is 24.3 Å². The quantitative estimate of drug-likeness (QED) is 0.720. The average molecular weight is 244 g/mol. The number of hydrogen-bond donors (Lipinski definition) is 1. The number of thiol groups is 1. The van der Waals surface area contributed by atoms with Gasteiger partial charge in [0, 0.05) is 0 Å². The van der Waals surface area contributed by atoms with Gasteiger partial charge in [-0.3, -0.25) is 0 Å². The van der Waals surface area contributed by atoms with Gasteiger partial charge in [-0.2, -0.15) is 22.2 Å². The lowest BCUT2D eigenvalue weighted by Gasteiger charge is -2.10. The van der Waals surface area contributed by atoms with Crippen LogP contribution in [0.25, 0.3) is 11.1 Å². The van der Waals surface area contributed by atoms with Crippen LogP contribution >= 0.6 is 22.2 Å². The number of hydrogen-bond acceptors (Lipinski definition) is 1. The minimum absolute atomic E-state index is 0.169. The van der Waals surface area contributed by atoms with Gasteiger partial charge in [0.15, 0.2) is 0 Å². The highest BCUT2D eigenvalue weighted by molar-refractivity contribution is 8.22. The zero-order chi connectivity index (χ0) is 10.8. The van der Waals surface area contributed by atoms with Crippen molar-refractivity contribution in [1.82, 2.24) is 0 Å². The topological polar surface area (TPSA) is 0 Å². The van der Waals surface area contributed by atoms with Gasteiger partial charge in [0.2, 0.25) is 0 Å². The highest BCUT2D eigenvalue weighted by Gasteiger charge is 2.03. The molecule has 0 aliphatic carbocycles. The molecule has 0 unspecified atom stereocenters. The van der Waals surface area contributed by atoms with Crippen LogP contribution in [0, 0.1) is 0 Å². The molecular formula is C14H12S2. The maximum Gasteiger partial charge on any atom is -0.00147 e. The first kappa shape index (κ1) is 9.94. The molecule has 0 saturated carbocycles. The molecule has 0 saturated heterocycles. The Bertz CT molecular complexity index is 506. The normalized spacial score (nSPS) is 15.9. The molecule has 0 amide bonds. The molecule has 1 aromatic carbocycles. The molecule has 0 spiro atoms. The van der Waals surface area contributed by atoms with Gasteiger partial charge in [-0.05, 0) is 55.8 Å². The lowest BCUT2D eigenvalue weighted by Crippen LogP contribution is -1.77. The molecule has 1 aromatic heterocycles. The summed E-state index contributed by atoms with van der Waals surface area (Å²) in [5.74, 6) is 0. The highest BCUT2D eigenvalue weighted by atomic mass is 32.2. The first-order chi connectivity index (χ1) is 7.93. The van der Waals surface area contributed by atoms with E-state index >= 15 is 0 Å². The van der Waals surface area contributed by atoms with Crippen LogP contribution in [0.5, 0.6) is 0 Å². The van der Waals surface area contributed by atoms with Crippen LogP contribution in [0.3, 0.4) is 0 Å². The highest BCUT2D eigenvalue weighted by Crippen LogP contribution is 2.42. The van der Waals surface area contributed by atoms with E-state index in [1.54, 1.807) is 11.3 Å². The Morgan fingerprint density at radius 2 is 1.56 bits per heavy atom. The molecule has 0 nitrogen and oxygen atoms in total. The van der Waals surface area contributed by atoms with Crippen molar-refractivity contribution in [1.29, 1.82) is 0 Å². The van der Waals surface area contributed by atoms with Gasteiger partial charge in [0.25, 0.3) is 0 Å². The largest absolute Gasteiger partial charge is 0.186 e. The summed E-state index contributed by atoms with van der Waals surface area (Å²) in [5, 5.41) is 8.88.